The lowest BCUT2D eigenvalue weighted by atomic mass is 9.70. The molecule has 3 nitrogen and oxygen atoms in total. The van der Waals surface area contributed by atoms with Crippen molar-refractivity contribution in [2.75, 3.05) is 13.2 Å². The monoisotopic (exact) mass is 253 g/mol. The lowest BCUT2D eigenvalue weighted by molar-refractivity contribution is -0.133. The maximum atomic E-state index is 6.39. The fourth-order valence-electron chi connectivity index (χ4n) is 4.42. The van der Waals surface area contributed by atoms with Crippen molar-refractivity contribution in [3.05, 3.63) is 0 Å². The van der Waals surface area contributed by atoms with Crippen LogP contribution < -0.4 is 5.73 Å². The molecule has 18 heavy (non-hydrogen) atoms. The fraction of sp³-hybridized carbons (Fsp3) is 1.00. The predicted molar refractivity (Wildman–Crippen MR) is 71.3 cm³/mol. The van der Waals surface area contributed by atoms with E-state index in [1.165, 1.54) is 19.3 Å². The minimum absolute atomic E-state index is 0.107. The molecule has 0 aromatic heterocycles. The number of rotatable bonds is 2. The Morgan fingerprint density at radius 1 is 1.22 bits per heavy atom. The van der Waals surface area contributed by atoms with Gasteiger partial charge in [-0.25, -0.2) is 0 Å². The van der Waals surface area contributed by atoms with Crippen LogP contribution in [0.1, 0.15) is 46.5 Å². The first-order valence-corrected chi connectivity index (χ1v) is 7.44. The Bertz CT molecular complexity index is 330. The van der Waals surface area contributed by atoms with Crippen LogP contribution in [0.5, 0.6) is 0 Å². The lowest BCUT2D eigenvalue weighted by Gasteiger charge is -2.41. The largest absolute Gasteiger partial charge is 0.379 e. The van der Waals surface area contributed by atoms with Crippen LogP contribution in [-0.4, -0.2) is 31.5 Å². The zero-order valence-electron chi connectivity index (χ0n) is 11.9. The average molecular weight is 253 g/mol. The third-order valence-electron chi connectivity index (χ3n) is 6.41. The first-order chi connectivity index (χ1) is 8.45. The summed E-state index contributed by atoms with van der Waals surface area (Å²) >= 11 is 0. The van der Waals surface area contributed by atoms with E-state index < -0.39 is 0 Å². The molecule has 2 bridgehead atoms. The molecule has 5 unspecified atom stereocenters. The summed E-state index contributed by atoms with van der Waals surface area (Å²) < 4.78 is 11.9. The van der Waals surface area contributed by atoms with Gasteiger partial charge in [0.05, 0.1) is 18.8 Å². The van der Waals surface area contributed by atoms with Crippen molar-refractivity contribution in [2.45, 2.75) is 64.7 Å². The van der Waals surface area contributed by atoms with E-state index in [9.17, 15) is 0 Å². The van der Waals surface area contributed by atoms with Gasteiger partial charge in [0, 0.05) is 12.6 Å². The molecule has 3 rings (SSSR count). The van der Waals surface area contributed by atoms with Gasteiger partial charge in [-0.05, 0) is 42.4 Å². The molecule has 3 fully saturated rings. The molecule has 3 aliphatic rings. The third kappa shape index (κ3) is 1.67. The van der Waals surface area contributed by atoms with Crippen molar-refractivity contribution in [3.8, 4) is 0 Å². The van der Waals surface area contributed by atoms with E-state index >= 15 is 0 Å². The summed E-state index contributed by atoms with van der Waals surface area (Å²) in [5.74, 6) is 0.827. The van der Waals surface area contributed by atoms with Crippen LogP contribution in [0.15, 0.2) is 0 Å². The molecule has 0 spiro atoms. The van der Waals surface area contributed by atoms with E-state index in [0.717, 1.165) is 18.9 Å². The second kappa shape index (κ2) is 4.19. The normalized spacial score (nSPS) is 50.7. The van der Waals surface area contributed by atoms with Gasteiger partial charge in [-0.15, -0.1) is 0 Å². The van der Waals surface area contributed by atoms with Gasteiger partial charge in [0.1, 0.15) is 0 Å². The minimum atomic E-state index is 0.107. The summed E-state index contributed by atoms with van der Waals surface area (Å²) in [6, 6.07) is 0.157. The molecular weight excluding hydrogens is 226 g/mol. The van der Waals surface area contributed by atoms with E-state index in [-0.39, 0.29) is 12.1 Å². The average Bonchev–Trinajstić information content (AvgIpc) is 2.65. The molecule has 0 aromatic carbocycles. The topological polar surface area (TPSA) is 44.5 Å². The van der Waals surface area contributed by atoms with Gasteiger partial charge < -0.3 is 15.2 Å². The van der Waals surface area contributed by atoms with E-state index in [1.54, 1.807) is 0 Å². The van der Waals surface area contributed by atoms with Crippen molar-refractivity contribution in [1.82, 2.24) is 0 Å². The molecular formula is C15H27NO2. The predicted octanol–water partition coefficient (Wildman–Crippen LogP) is 2.33. The standard InChI is InChI=1S/C15H27NO2/c1-14(2)10-4-6-15(14,3)13(8-10)18-12-9-17-7-5-11(12)16/h10-13H,4-9,16H2,1-3H3. The molecule has 1 heterocycles. The number of nitrogens with two attached hydrogens (primary N) is 1. The van der Waals surface area contributed by atoms with E-state index in [4.69, 9.17) is 15.2 Å². The van der Waals surface area contributed by atoms with Crippen molar-refractivity contribution in [3.63, 3.8) is 0 Å². The Kier molecular flexibility index (Phi) is 3.00. The number of ether oxygens (including phenoxy) is 2. The highest BCUT2D eigenvalue weighted by Gasteiger charge is 2.62. The number of fused-ring (bicyclic) bond motifs is 2. The highest BCUT2D eigenvalue weighted by atomic mass is 16.5. The summed E-state index contributed by atoms with van der Waals surface area (Å²) in [6.45, 7) is 8.73. The summed E-state index contributed by atoms with van der Waals surface area (Å²) in [6.07, 6.45) is 5.31. The third-order valence-corrected chi connectivity index (χ3v) is 6.41. The molecule has 2 N–H and O–H groups in total. The van der Waals surface area contributed by atoms with Gasteiger partial charge in [0.25, 0.3) is 0 Å². The Morgan fingerprint density at radius 3 is 2.56 bits per heavy atom. The zero-order chi connectivity index (χ0) is 13.0. The summed E-state index contributed by atoms with van der Waals surface area (Å²) in [7, 11) is 0. The quantitative estimate of drug-likeness (QED) is 0.821. The van der Waals surface area contributed by atoms with Gasteiger partial charge in [-0.2, -0.15) is 0 Å². The molecule has 2 aliphatic carbocycles. The minimum Gasteiger partial charge on any atom is -0.379 e. The molecule has 5 atom stereocenters. The van der Waals surface area contributed by atoms with Gasteiger partial charge in [-0.3, -0.25) is 0 Å². The van der Waals surface area contributed by atoms with Crippen molar-refractivity contribution in [2.24, 2.45) is 22.5 Å². The van der Waals surface area contributed by atoms with Crippen LogP contribution in [-0.2, 0) is 9.47 Å². The lowest BCUT2D eigenvalue weighted by Crippen LogP contribution is -2.49. The maximum absolute atomic E-state index is 6.39. The van der Waals surface area contributed by atoms with E-state index in [0.29, 0.717) is 23.5 Å². The molecule has 1 saturated heterocycles. The zero-order valence-corrected chi connectivity index (χ0v) is 11.9. The number of hydrogen-bond acceptors (Lipinski definition) is 3. The van der Waals surface area contributed by atoms with Crippen LogP contribution in [0.4, 0.5) is 0 Å². The smallest absolute Gasteiger partial charge is 0.0963 e. The van der Waals surface area contributed by atoms with Crippen LogP contribution in [0.3, 0.4) is 0 Å². The van der Waals surface area contributed by atoms with Crippen LogP contribution in [0, 0.1) is 16.7 Å². The SMILES string of the molecule is CC1(C)C2CCC1(C)C(OC1COCCC1N)C2. The van der Waals surface area contributed by atoms with Crippen LogP contribution in [0.2, 0.25) is 0 Å². The second-order valence-electron chi connectivity index (χ2n) is 7.30. The first kappa shape index (κ1) is 12.9. The highest BCUT2D eigenvalue weighted by molar-refractivity contribution is 5.11. The fourth-order valence-corrected chi connectivity index (χ4v) is 4.42. The van der Waals surface area contributed by atoms with E-state index in [2.05, 4.69) is 20.8 Å². The van der Waals surface area contributed by atoms with Gasteiger partial charge >= 0.3 is 0 Å². The molecule has 104 valence electrons. The van der Waals surface area contributed by atoms with Gasteiger partial charge in [0.2, 0.25) is 0 Å². The molecule has 3 heteroatoms. The van der Waals surface area contributed by atoms with Crippen molar-refractivity contribution < 1.29 is 9.47 Å². The second-order valence-corrected chi connectivity index (χ2v) is 7.30. The van der Waals surface area contributed by atoms with Crippen molar-refractivity contribution >= 4 is 0 Å². The molecule has 1 aliphatic heterocycles. The Labute approximate surface area is 110 Å². The first-order valence-electron chi connectivity index (χ1n) is 7.44. The molecule has 0 aromatic rings. The Balaban J connectivity index is 1.71. The van der Waals surface area contributed by atoms with Crippen LogP contribution in [0.25, 0.3) is 0 Å². The summed E-state index contributed by atoms with van der Waals surface area (Å²) in [5.41, 5.74) is 6.90. The molecule has 0 amide bonds. The van der Waals surface area contributed by atoms with E-state index in [1.807, 2.05) is 0 Å². The Morgan fingerprint density at radius 2 is 2.00 bits per heavy atom. The maximum Gasteiger partial charge on any atom is 0.0963 e. The van der Waals surface area contributed by atoms with Gasteiger partial charge in [0.15, 0.2) is 0 Å². The van der Waals surface area contributed by atoms with Gasteiger partial charge in [-0.1, -0.05) is 20.8 Å². The molecule has 2 saturated carbocycles. The van der Waals surface area contributed by atoms with Crippen LogP contribution >= 0.6 is 0 Å². The molecule has 0 radical (unpaired) electrons. The Hall–Kier alpha value is -0.120. The number of hydrogen-bond donors (Lipinski definition) is 1. The van der Waals surface area contributed by atoms with Crippen molar-refractivity contribution in [1.29, 1.82) is 0 Å². The summed E-state index contributed by atoms with van der Waals surface area (Å²) in [5, 5.41) is 0. The highest BCUT2D eigenvalue weighted by Crippen LogP contribution is 2.66. The summed E-state index contributed by atoms with van der Waals surface area (Å²) in [4.78, 5) is 0.